The molecular formula is C21H23ClN6O10S2. The first-order valence-corrected chi connectivity index (χ1v) is 12.9. The van der Waals surface area contributed by atoms with Crippen LogP contribution in [0.15, 0.2) is 35.9 Å². The SMILES string of the molecule is Cc1oc(=O)oc1COC(=O)[C@@]1(NC(=O)/C(=N\O)c2csc(N)n2)C(=O)N2C=C(COC(=O)N(C)C)CS[C@H]21.Cl. The summed E-state index contributed by atoms with van der Waals surface area (Å²) in [6.07, 6.45) is 0.841. The molecule has 2 aromatic rings. The number of nitrogens with one attached hydrogen (secondary N) is 1. The summed E-state index contributed by atoms with van der Waals surface area (Å²) in [5, 5.41) is 15.2. The molecule has 0 spiro atoms. The lowest BCUT2D eigenvalue weighted by Crippen LogP contribution is -2.82. The number of amides is 3. The van der Waals surface area contributed by atoms with Crippen LogP contribution >= 0.6 is 35.5 Å². The smallest absolute Gasteiger partial charge is 0.455 e. The predicted molar refractivity (Wildman–Crippen MR) is 141 cm³/mol. The number of esters is 1. The van der Waals surface area contributed by atoms with Gasteiger partial charge in [-0.15, -0.1) is 35.5 Å². The van der Waals surface area contributed by atoms with Gasteiger partial charge in [0, 0.05) is 31.4 Å². The molecule has 4 heterocycles. The molecule has 40 heavy (non-hydrogen) atoms. The first-order valence-electron chi connectivity index (χ1n) is 11.0. The number of hydrogen-bond acceptors (Lipinski definition) is 15. The van der Waals surface area contributed by atoms with Crippen molar-refractivity contribution in [3.63, 3.8) is 0 Å². The second kappa shape index (κ2) is 12.0. The van der Waals surface area contributed by atoms with Crippen molar-refractivity contribution in [2.45, 2.75) is 24.4 Å². The lowest BCUT2D eigenvalue weighted by atomic mass is 9.87. The summed E-state index contributed by atoms with van der Waals surface area (Å²) < 4.78 is 20.0. The predicted octanol–water partition coefficient (Wildman–Crippen LogP) is 0.276. The number of thiazole rings is 1. The van der Waals surface area contributed by atoms with E-state index in [0.29, 0.717) is 5.57 Å². The first kappa shape index (κ1) is 30.5. The Morgan fingerprint density at radius 2 is 2.02 bits per heavy atom. The first-order chi connectivity index (χ1) is 18.5. The van der Waals surface area contributed by atoms with Crippen molar-refractivity contribution >= 4 is 70.2 Å². The monoisotopic (exact) mass is 618 g/mol. The molecule has 4 rings (SSSR count). The van der Waals surface area contributed by atoms with Crippen LogP contribution in [0.1, 0.15) is 17.2 Å². The third kappa shape index (κ3) is 5.63. The minimum atomic E-state index is -2.25. The van der Waals surface area contributed by atoms with Crippen LogP contribution in [0.3, 0.4) is 0 Å². The van der Waals surface area contributed by atoms with Crippen LogP contribution in [-0.4, -0.2) is 86.9 Å². The topological polar surface area (TPSA) is 220 Å². The second-order valence-corrected chi connectivity index (χ2v) is 10.4. The molecule has 4 N–H and O–H groups in total. The molecule has 0 bridgehead atoms. The highest BCUT2D eigenvalue weighted by Crippen LogP contribution is 2.44. The minimum Gasteiger partial charge on any atom is -0.455 e. The average molecular weight is 619 g/mol. The Hall–Kier alpha value is -4.03. The summed E-state index contributed by atoms with van der Waals surface area (Å²) in [6, 6.07) is 0. The van der Waals surface area contributed by atoms with Gasteiger partial charge in [-0.3, -0.25) is 9.59 Å². The van der Waals surface area contributed by atoms with E-state index in [2.05, 4.69) is 15.5 Å². The molecule has 0 aliphatic carbocycles. The molecule has 0 saturated carbocycles. The summed E-state index contributed by atoms with van der Waals surface area (Å²) in [7, 11) is 3.04. The molecule has 1 saturated heterocycles. The lowest BCUT2D eigenvalue weighted by molar-refractivity contribution is -0.174. The number of rotatable bonds is 8. The van der Waals surface area contributed by atoms with E-state index in [-0.39, 0.29) is 47.1 Å². The van der Waals surface area contributed by atoms with Crippen molar-refractivity contribution in [2.24, 2.45) is 5.16 Å². The Morgan fingerprint density at radius 1 is 1.30 bits per heavy atom. The Morgan fingerprint density at radius 3 is 2.60 bits per heavy atom. The van der Waals surface area contributed by atoms with E-state index in [1.807, 2.05) is 0 Å². The van der Waals surface area contributed by atoms with Gasteiger partial charge in [0.15, 0.2) is 29.0 Å². The molecule has 2 aromatic heterocycles. The van der Waals surface area contributed by atoms with E-state index in [4.69, 9.17) is 24.0 Å². The fourth-order valence-electron chi connectivity index (χ4n) is 3.63. The van der Waals surface area contributed by atoms with E-state index in [0.717, 1.165) is 23.1 Å². The van der Waals surface area contributed by atoms with E-state index in [1.54, 1.807) is 0 Å². The molecule has 3 amide bonds. The Kier molecular flexibility index (Phi) is 9.16. The number of nitrogens with two attached hydrogens (primary N) is 1. The van der Waals surface area contributed by atoms with Crippen LogP contribution in [-0.2, 0) is 30.5 Å². The molecule has 0 unspecified atom stereocenters. The third-order valence-electron chi connectivity index (χ3n) is 5.57. The molecule has 216 valence electrons. The van der Waals surface area contributed by atoms with Crippen molar-refractivity contribution in [2.75, 3.05) is 32.2 Å². The summed E-state index contributed by atoms with van der Waals surface area (Å²) in [5.41, 5.74) is 3.24. The number of ether oxygens (including phenoxy) is 2. The Labute approximate surface area is 239 Å². The molecular weight excluding hydrogens is 596 g/mol. The molecule has 16 nitrogen and oxygen atoms in total. The zero-order chi connectivity index (χ0) is 28.5. The zero-order valence-electron chi connectivity index (χ0n) is 21.1. The average Bonchev–Trinajstić information content (AvgIpc) is 3.47. The van der Waals surface area contributed by atoms with Crippen LogP contribution in [0.4, 0.5) is 9.93 Å². The molecule has 0 aromatic carbocycles. The van der Waals surface area contributed by atoms with Crippen LogP contribution in [0.25, 0.3) is 0 Å². The van der Waals surface area contributed by atoms with Gasteiger partial charge in [0.2, 0.25) is 5.54 Å². The van der Waals surface area contributed by atoms with Gasteiger partial charge in [-0.1, -0.05) is 5.16 Å². The van der Waals surface area contributed by atoms with E-state index < -0.39 is 52.9 Å². The standard InChI is InChI=1S/C21H22N6O10S2.ClH/c1-9-12(37-20(32)36-9)6-34-17(30)21(24-14(28)13(25-33)11-8-39-18(22)23-11)15(29)27-4-10(7-38-16(21)27)5-35-19(31)26(2)3;/h4,8,16,33H,5-7H2,1-3H3,(H2,22,23)(H,24,28);1H/b25-13-;/t16-,21+;/m0./s1. The summed E-state index contributed by atoms with van der Waals surface area (Å²) in [6.45, 7) is 0.747. The number of carbonyl (C=O) groups excluding carboxylic acids is 4. The quantitative estimate of drug-likeness (QED) is 0.0904. The van der Waals surface area contributed by atoms with Crippen molar-refractivity contribution in [3.05, 3.63) is 45.0 Å². The normalized spacial score (nSPS) is 19.9. The van der Waals surface area contributed by atoms with Crippen molar-refractivity contribution in [1.29, 1.82) is 0 Å². The zero-order valence-corrected chi connectivity index (χ0v) is 23.5. The number of aryl methyl sites for hydroxylation is 1. The number of nitrogen functional groups attached to an aromatic ring is 1. The third-order valence-corrected chi connectivity index (χ3v) is 7.68. The van der Waals surface area contributed by atoms with Gasteiger partial charge in [-0.05, 0) is 12.5 Å². The van der Waals surface area contributed by atoms with Crippen LogP contribution in [0, 0.1) is 6.92 Å². The maximum absolute atomic E-state index is 13.4. The van der Waals surface area contributed by atoms with Gasteiger partial charge in [-0.2, -0.15) is 0 Å². The summed E-state index contributed by atoms with van der Waals surface area (Å²) in [5.74, 6) is -3.92. The number of halogens is 1. The van der Waals surface area contributed by atoms with Gasteiger partial charge >= 0.3 is 17.9 Å². The highest BCUT2D eigenvalue weighted by molar-refractivity contribution is 8.00. The lowest BCUT2D eigenvalue weighted by Gasteiger charge is -2.53. The largest absolute Gasteiger partial charge is 0.519 e. The number of hydrogen-bond donors (Lipinski definition) is 3. The molecule has 2 aliphatic heterocycles. The number of anilines is 1. The molecule has 0 radical (unpaired) electrons. The summed E-state index contributed by atoms with van der Waals surface area (Å²) >= 11 is 2.08. The highest BCUT2D eigenvalue weighted by Gasteiger charge is 2.69. The fraction of sp³-hybridized carbons (Fsp3) is 0.381. The van der Waals surface area contributed by atoms with Gasteiger partial charge in [0.05, 0.1) is 0 Å². The van der Waals surface area contributed by atoms with E-state index in [1.165, 1.54) is 42.4 Å². The van der Waals surface area contributed by atoms with Gasteiger partial charge < -0.3 is 44.4 Å². The van der Waals surface area contributed by atoms with E-state index >= 15 is 0 Å². The van der Waals surface area contributed by atoms with Crippen LogP contribution < -0.4 is 16.9 Å². The van der Waals surface area contributed by atoms with Gasteiger partial charge in [-0.25, -0.2) is 19.4 Å². The van der Waals surface area contributed by atoms with Crippen LogP contribution in [0.5, 0.6) is 0 Å². The van der Waals surface area contributed by atoms with E-state index in [9.17, 15) is 29.2 Å². The number of thioether (sulfide) groups is 1. The Balaban J connectivity index is 0.00000441. The molecule has 1 fully saturated rings. The van der Waals surface area contributed by atoms with Gasteiger partial charge in [0.1, 0.15) is 17.7 Å². The number of aromatic nitrogens is 1. The maximum Gasteiger partial charge on any atom is 0.519 e. The second-order valence-electron chi connectivity index (χ2n) is 8.40. The summed E-state index contributed by atoms with van der Waals surface area (Å²) in [4.78, 5) is 69.3. The van der Waals surface area contributed by atoms with Crippen molar-refractivity contribution < 1.29 is 42.7 Å². The fourth-order valence-corrected chi connectivity index (χ4v) is 5.53. The van der Waals surface area contributed by atoms with Crippen LogP contribution in [0.2, 0.25) is 0 Å². The Bertz CT molecular complexity index is 1450. The minimum absolute atomic E-state index is 0. The molecule has 2 atom stereocenters. The number of fused-ring (bicyclic) bond motifs is 1. The number of carbonyl (C=O) groups is 4. The number of oxime groups is 1. The number of β-lactam (4-membered cyclic amide) rings is 1. The molecule has 2 aliphatic rings. The van der Waals surface area contributed by atoms with Crippen molar-refractivity contribution in [1.82, 2.24) is 20.1 Å². The molecule has 19 heteroatoms. The number of nitrogens with zero attached hydrogens (tertiary/aromatic N) is 4. The highest BCUT2D eigenvalue weighted by atomic mass is 35.5. The van der Waals surface area contributed by atoms with Gasteiger partial charge in [0.25, 0.3) is 11.8 Å². The maximum atomic E-state index is 13.4. The van der Waals surface area contributed by atoms with Crippen molar-refractivity contribution in [3.8, 4) is 0 Å².